The van der Waals surface area contributed by atoms with Crippen molar-refractivity contribution in [2.75, 3.05) is 23.3 Å². The molecule has 4 heterocycles. The van der Waals surface area contributed by atoms with Crippen molar-refractivity contribution in [1.29, 1.82) is 0 Å². The molecule has 8 nitrogen and oxygen atoms in total. The van der Waals surface area contributed by atoms with Gasteiger partial charge in [-0.3, -0.25) is 9.89 Å². The number of halogens is 6. The van der Waals surface area contributed by atoms with E-state index in [0.29, 0.717) is 25.2 Å². The van der Waals surface area contributed by atoms with Gasteiger partial charge in [-0.1, -0.05) is 0 Å². The van der Waals surface area contributed by atoms with Crippen LogP contribution in [0.3, 0.4) is 0 Å². The van der Waals surface area contributed by atoms with E-state index in [1.807, 2.05) is 0 Å². The minimum atomic E-state index is -5.09. The number of H-pyrrole nitrogens is 1. The van der Waals surface area contributed by atoms with Gasteiger partial charge in [0, 0.05) is 37.1 Å². The molecular formula is C17H16F6N6O2. The van der Waals surface area contributed by atoms with Gasteiger partial charge >= 0.3 is 12.4 Å². The number of carbonyl (C=O) groups excluding carboxylic acids is 1. The molecule has 0 radical (unpaired) electrons. The van der Waals surface area contributed by atoms with Gasteiger partial charge in [-0.05, 0) is 12.8 Å². The van der Waals surface area contributed by atoms with Crippen LogP contribution in [0.1, 0.15) is 42.0 Å². The van der Waals surface area contributed by atoms with Crippen molar-refractivity contribution < 1.29 is 36.2 Å². The largest absolute Gasteiger partial charge is 0.422 e. The molecule has 2 aromatic heterocycles. The average molecular weight is 450 g/mol. The number of piperidine rings is 1. The zero-order chi connectivity index (χ0) is 22.6. The van der Waals surface area contributed by atoms with Crippen LogP contribution in [0.15, 0.2) is 12.4 Å². The number of aromatic nitrogens is 4. The minimum Gasteiger partial charge on any atom is -0.376 e. The van der Waals surface area contributed by atoms with Gasteiger partial charge in [0.15, 0.2) is 11.4 Å². The summed E-state index contributed by atoms with van der Waals surface area (Å²) in [6, 6.07) is 0. The van der Waals surface area contributed by atoms with Crippen LogP contribution in [0.5, 0.6) is 0 Å². The summed E-state index contributed by atoms with van der Waals surface area (Å²) in [5.74, 6) is -1.73. The fourth-order valence-electron chi connectivity index (χ4n) is 3.90. The normalized spacial score (nSPS) is 22.9. The molecule has 2 aromatic rings. The molecule has 168 valence electrons. The lowest BCUT2D eigenvalue weighted by Crippen LogP contribution is -2.49. The van der Waals surface area contributed by atoms with Gasteiger partial charge in [0.2, 0.25) is 11.9 Å². The fraction of sp³-hybridized carbons (Fsp3) is 0.529. The maximum absolute atomic E-state index is 13.6. The summed E-state index contributed by atoms with van der Waals surface area (Å²) in [6.07, 6.45) is -8.86. The molecule has 0 aromatic carbocycles. The summed E-state index contributed by atoms with van der Waals surface area (Å²) >= 11 is 0. The number of rotatable bonds is 2. The number of nitrogens with one attached hydrogen (secondary N) is 2. The third kappa shape index (κ3) is 3.68. The van der Waals surface area contributed by atoms with Crippen molar-refractivity contribution >= 4 is 17.7 Å². The van der Waals surface area contributed by atoms with Gasteiger partial charge in [-0.15, -0.1) is 0 Å². The molecule has 1 saturated heterocycles. The van der Waals surface area contributed by atoms with Crippen molar-refractivity contribution in [2.45, 2.75) is 43.1 Å². The predicted molar refractivity (Wildman–Crippen MR) is 93.0 cm³/mol. The Morgan fingerprint density at radius 1 is 1.10 bits per heavy atom. The Labute approximate surface area is 170 Å². The van der Waals surface area contributed by atoms with E-state index in [-0.39, 0.29) is 30.5 Å². The van der Waals surface area contributed by atoms with E-state index in [4.69, 9.17) is 0 Å². The van der Waals surface area contributed by atoms with E-state index in [1.54, 1.807) is 4.90 Å². The van der Waals surface area contributed by atoms with E-state index < -0.39 is 47.3 Å². The topological polar surface area (TPSA) is 107 Å². The second kappa shape index (κ2) is 7.07. The Bertz CT molecular complexity index is 980. The molecule has 1 atom stereocenters. The van der Waals surface area contributed by atoms with Crippen molar-refractivity contribution in [2.24, 2.45) is 0 Å². The van der Waals surface area contributed by atoms with Crippen molar-refractivity contribution in [1.82, 2.24) is 20.2 Å². The Kier molecular flexibility index (Phi) is 4.87. The van der Waals surface area contributed by atoms with Gasteiger partial charge in [-0.25, -0.2) is 9.97 Å². The first-order chi connectivity index (χ1) is 14.4. The highest BCUT2D eigenvalue weighted by atomic mass is 19.4. The quantitative estimate of drug-likeness (QED) is 0.608. The van der Waals surface area contributed by atoms with Gasteiger partial charge in [-0.2, -0.15) is 31.4 Å². The summed E-state index contributed by atoms with van der Waals surface area (Å²) in [6.45, 7) is 0.529. The number of hydrogen-bond donors (Lipinski definition) is 3. The maximum Gasteiger partial charge on any atom is 0.422 e. The van der Waals surface area contributed by atoms with Crippen LogP contribution in [0.2, 0.25) is 0 Å². The third-order valence-corrected chi connectivity index (χ3v) is 5.50. The standard InChI is InChI=1S/C17H16F6N6O2/c18-16(19,20)9-6-24-14(25-7-9)29-3-1-8(2-4-29)12-11-13(28-27-12)26-10(30)5-15(11,31)17(21,22)23/h6-8,31H,1-5H2,(H2,26,27,28,30). The molecule has 1 amide bonds. The van der Waals surface area contributed by atoms with E-state index in [9.17, 15) is 36.2 Å². The molecule has 2 aliphatic heterocycles. The highest BCUT2D eigenvalue weighted by molar-refractivity contribution is 5.94. The van der Waals surface area contributed by atoms with Crippen molar-refractivity contribution in [3.05, 3.63) is 29.2 Å². The summed E-state index contributed by atoms with van der Waals surface area (Å²) in [7, 11) is 0. The van der Waals surface area contributed by atoms with Crippen LogP contribution in [0, 0.1) is 0 Å². The van der Waals surface area contributed by atoms with Gasteiger partial charge in [0.1, 0.15) is 0 Å². The number of aromatic amines is 1. The van der Waals surface area contributed by atoms with E-state index in [2.05, 4.69) is 25.5 Å². The van der Waals surface area contributed by atoms with E-state index in [1.165, 1.54) is 0 Å². The number of hydrogen-bond acceptors (Lipinski definition) is 6. The number of alkyl halides is 6. The average Bonchev–Trinajstić information content (AvgIpc) is 3.11. The Morgan fingerprint density at radius 2 is 1.71 bits per heavy atom. The van der Waals surface area contributed by atoms with Crippen LogP contribution in [0.25, 0.3) is 0 Å². The van der Waals surface area contributed by atoms with Crippen LogP contribution >= 0.6 is 0 Å². The minimum absolute atomic E-state index is 0.0720. The molecule has 4 rings (SSSR count). The molecule has 1 unspecified atom stereocenters. The zero-order valence-electron chi connectivity index (χ0n) is 15.7. The van der Waals surface area contributed by atoms with Crippen LogP contribution in [0.4, 0.5) is 38.1 Å². The second-order valence-corrected chi connectivity index (χ2v) is 7.47. The van der Waals surface area contributed by atoms with E-state index >= 15 is 0 Å². The molecule has 1 fully saturated rings. The van der Waals surface area contributed by atoms with E-state index in [0.717, 1.165) is 0 Å². The van der Waals surface area contributed by atoms with Gasteiger partial charge in [0.25, 0.3) is 0 Å². The molecule has 0 bridgehead atoms. The highest BCUT2D eigenvalue weighted by Crippen LogP contribution is 2.49. The molecule has 0 saturated carbocycles. The monoisotopic (exact) mass is 450 g/mol. The highest BCUT2D eigenvalue weighted by Gasteiger charge is 2.61. The zero-order valence-corrected chi connectivity index (χ0v) is 15.7. The van der Waals surface area contributed by atoms with Crippen molar-refractivity contribution in [3.8, 4) is 0 Å². The molecule has 14 heteroatoms. The molecule has 0 spiro atoms. The van der Waals surface area contributed by atoms with Gasteiger partial charge < -0.3 is 15.3 Å². The first kappa shape index (κ1) is 21.3. The summed E-state index contributed by atoms with van der Waals surface area (Å²) in [4.78, 5) is 20.7. The summed E-state index contributed by atoms with van der Waals surface area (Å²) in [5.41, 5.74) is -4.77. The fourth-order valence-corrected chi connectivity index (χ4v) is 3.90. The summed E-state index contributed by atoms with van der Waals surface area (Å²) in [5, 5.41) is 18.9. The lowest BCUT2D eigenvalue weighted by Gasteiger charge is -2.36. The first-order valence-corrected chi connectivity index (χ1v) is 9.22. The summed E-state index contributed by atoms with van der Waals surface area (Å²) < 4.78 is 78.8. The Balaban J connectivity index is 1.54. The Hall–Kier alpha value is -2.90. The molecule has 3 N–H and O–H groups in total. The molecular weight excluding hydrogens is 434 g/mol. The van der Waals surface area contributed by atoms with Crippen molar-refractivity contribution in [3.63, 3.8) is 0 Å². The first-order valence-electron chi connectivity index (χ1n) is 9.22. The van der Waals surface area contributed by atoms with Crippen LogP contribution in [-0.2, 0) is 16.6 Å². The second-order valence-electron chi connectivity index (χ2n) is 7.47. The van der Waals surface area contributed by atoms with Gasteiger partial charge in [0.05, 0.1) is 17.5 Å². The number of carbonyl (C=O) groups is 1. The van der Waals surface area contributed by atoms with Crippen LogP contribution < -0.4 is 10.2 Å². The number of amides is 1. The smallest absolute Gasteiger partial charge is 0.376 e. The predicted octanol–water partition coefficient (Wildman–Crippen LogP) is 2.69. The maximum atomic E-state index is 13.6. The lowest BCUT2D eigenvalue weighted by molar-refractivity contribution is -0.267. The number of fused-ring (bicyclic) bond motifs is 1. The molecule has 2 aliphatic rings. The SMILES string of the molecule is O=C1CC(O)(C(F)(F)F)c2c(n[nH]c2C2CCN(c3ncc(C(F)(F)F)cn3)CC2)N1. The number of aliphatic hydroxyl groups is 1. The third-order valence-electron chi connectivity index (χ3n) is 5.50. The number of anilines is 2. The molecule has 0 aliphatic carbocycles. The number of nitrogens with zero attached hydrogens (tertiary/aromatic N) is 4. The van der Waals surface area contributed by atoms with Crippen LogP contribution in [-0.4, -0.2) is 50.4 Å². The Morgan fingerprint density at radius 3 is 2.26 bits per heavy atom. The lowest BCUT2D eigenvalue weighted by atomic mass is 9.81. The molecule has 31 heavy (non-hydrogen) atoms.